The Morgan fingerprint density at radius 1 is 1.40 bits per heavy atom. The van der Waals surface area contributed by atoms with Gasteiger partial charge < -0.3 is 5.32 Å². The van der Waals surface area contributed by atoms with Crippen molar-refractivity contribution in [3.8, 4) is 0 Å². The molecular weight excluding hydrogens is 347 g/mol. The smallest absolute Gasteiger partial charge is 0.251 e. The number of carbonyl (C=O) groups excluding carboxylic acids is 1. The van der Waals surface area contributed by atoms with E-state index in [2.05, 4.69) is 5.32 Å². The number of primary sulfonamides is 1. The molecule has 3 N–H and O–H groups in total. The molecule has 1 amide bonds. The van der Waals surface area contributed by atoms with Crippen LogP contribution in [0.4, 0.5) is 0 Å². The zero-order valence-electron chi connectivity index (χ0n) is 10.4. The summed E-state index contributed by atoms with van der Waals surface area (Å²) in [7, 11) is -5.13. The van der Waals surface area contributed by atoms with Gasteiger partial charge in [0.25, 0.3) is 5.91 Å². The third-order valence-electron chi connectivity index (χ3n) is 2.24. The van der Waals surface area contributed by atoms with Crippen LogP contribution in [0.15, 0.2) is 17.0 Å². The van der Waals surface area contributed by atoms with Gasteiger partial charge in [-0.15, -0.1) is 0 Å². The number of amides is 1. The molecule has 10 heteroatoms. The Labute approximate surface area is 129 Å². The lowest BCUT2D eigenvalue weighted by Gasteiger charge is -2.08. The van der Waals surface area contributed by atoms with E-state index in [-0.39, 0.29) is 27.9 Å². The molecule has 20 heavy (non-hydrogen) atoms. The van der Waals surface area contributed by atoms with Gasteiger partial charge in [0.2, 0.25) is 10.0 Å². The summed E-state index contributed by atoms with van der Waals surface area (Å²) < 4.78 is 33.6. The van der Waals surface area contributed by atoms with Crippen molar-refractivity contribution in [3.05, 3.63) is 27.7 Å². The van der Waals surface area contributed by atoms with Crippen molar-refractivity contribution in [3.63, 3.8) is 0 Å². The van der Waals surface area contributed by atoms with Gasteiger partial charge in [0.05, 0.1) is 10.0 Å². The normalized spacial score (nSPS) is 13.0. The number of hydrogen-bond acceptors (Lipinski definition) is 4. The van der Waals surface area contributed by atoms with Crippen LogP contribution in [0.1, 0.15) is 10.4 Å². The SMILES string of the molecule is CS(=O)CCNC(=O)c1cc(Cl)c(Cl)c(S(N)(=O)=O)c1. The van der Waals surface area contributed by atoms with Gasteiger partial charge in [-0.3, -0.25) is 9.00 Å². The number of halogens is 2. The second-order valence-corrected chi connectivity index (χ2v) is 7.72. The second-order valence-electron chi connectivity index (χ2n) is 3.85. The van der Waals surface area contributed by atoms with E-state index >= 15 is 0 Å². The molecule has 1 atom stereocenters. The van der Waals surface area contributed by atoms with E-state index in [0.29, 0.717) is 0 Å². The average molecular weight is 359 g/mol. The Morgan fingerprint density at radius 3 is 2.50 bits per heavy atom. The first-order valence-electron chi connectivity index (χ1n) is 5.23. The number of nitrogens with one attached hydrogen (secondary N) is 1. The highest BCUT2D eigenvalue weighted by Crippen LogP contribution is 2.30. The van der Waals surface area contributed by atoms with Crippen molar-refractivity contribution >= 4 is 49.9 Å². The van der Waals surface area contributed by atoms with E-state index in [4.69, 9.17) is 28.3 Å². The van der Waals surface area contributed by atoms with Gasteiger partial charge in [0.1, 0.15) is 4.90 Å². The lowest BCUT2D eigenvalue weighted by atomic mass is 10.2. The van der Waals surface area contributed by atoms with Crippen molar-refractivity contribution in [2.75, 3.05) is 18.6 Å². The minimum absolute atomic E-state index is 0.00492. The van der Waals surface area contributed by atoms with E-state index in [1.54, 1.807) is 0 Å². The zero-order chi connectivity index (χ0) is 15.5. The third kappa shape index (κ3) is 4.71. The molecule has 1 aromatic carbocycles. The molecule has 1 unspecified atom stereocenters. The number of hydrogen-bond donors (Lipinski definition) is 2. The monoisotopic (exact) mass is 358 g/mol. The maximum absolute atomic E-state index is 11.8. The summed E-state index contributed by atoms with van der Waals surface area (Å²) in [5.74, 6) is -0.270. The summed E-state index contributed by atoms with van der Waals surface area (Å²) in [4.78, 5) is 11.4. The Hall–Kier alpha value is -0.670. The molecule has 6 nitrogen and oxygen atoms in total. The van der Waals surface area contributed by atoms with Crippen LogP contribution < -0.4 is 10.5 Å². The van der Waals surface area contributed by atoms with Crippen LogP contribution in [-0.4, -0.2) is 37.1 Å². The van der Waals surface area contributed by atoms with Crippen molar-refractivity contribution in [1.82, 2.24) is 5.32 Å². The van der Waals surface area contributed by atoms with Crippen LogP contribution >= 0.6 is 23.2 Å². The highest BCUT2D eigenvalue weighted by molar-refractivity contribution is 7.89. The summed E-state index contributed by atoms with van der Waals surface area (Å²) >= 11 is 11.5. The molecule has 0 saturated heterocycles. The lowest BCUT2D eigenvalue weighted by molar-refractivity contribution is 0.0956. The van der Waals surface area contributed by atoms with Gasteiger partial charge in [-0.1, -0.05) is 23.2 Å². The fraction of sp³-hybridized carbons (Fsp3) is 0.300. The summed E-state index contributed by atoms with van der Waals surface area (Å²) in [5.41, 5.74) is 0.00492. The van der Waals surface area contributed by atoms with Gasteiger partial charge in [0.15, 0.2) is 0 Å². The maximum Gasteiger partial charge on any atom is 0.251 e. The fourth-order valence-corrected chi connectivity index (χ4v) is 3.06. The Morgan fingerprint density at radius 2 is 2.00 bits per heavy atom. The Balaban J connectivity index is 3.05. The lowest BCUT2D eigenvalue weighted by Crippen LogP contribution is -2.28. The number of carbonyl (C=O) groups is 1. The van der Waals surface area contributed by atoms with E-state index < -0.39 is 31.6 Å². The number of rotatable bonds is 5. The predicted molar refractivity (Wildman–Crippen MR) is 79.1 cm³/mol. The van der Waals surface area contributed by atoms with Gasteiger partial charge in [-0.05, 0) is 12.1 Å². The molecule has 0 radical (unpaired) electrons. The molecule has 0 aromatic heterocycles. The molecular formula is C10H12Cl2N2O4S2. The van der Waals surface area contributed by atoms with Gasteiger partial charge in [0, 0.05) is 34.9 Å². The van der Waals surface area contributed by atoms with E-state index in [1.807, 2.05) is 0 Å². The Kier molecular flexibility index (Phi) is 5.96. The number of benzene rings is 1. The van der Waals surface area contributed by atoms with Gasteiger partial charge in [-0.25, -0.2) is 13.6 Å². The molecule has 0 bridgehead atoms. The fourth-order valence-electron chi connectivity index (χ4n) is 1.31. The molecule has 112 valence electrons. The number of nitrogens with two attached hydrogens (primary N) is 1. The summed E-state index contributed by atoms with van der Waals surface area (Å²) in [6.07, 6.45) is 1.50. The molecule has 0 spiro atoms. The second kappa shape index (κ2) is 6.86. The van der Waals surface area contributed by atoms with Crippen molar-refractivity contribution < 1.29 is 17.4 Å². The summed E-state index contributed by atoms with van der Waals surface area (Å²) in [6, 6.07) is 2.28. The molecule has 0 fully saturated rings. The molecule has 0 aliphatic carbocycles. The first-order valence-corrected chi connectivity index (χ1v) is 9.26. The summed E-state index contributed by atoms with van der Waals surface area (Å²) in [5, 5.41) is 7.15. The molecule has 0 heterocycles. The van der Waals surface area contributed by atoms with Crippen LogP contribution in [0.2, 0.25) is 10.0 Å². The molecule has 1 aromatic rings. The molecule has 0 aliphatic heterocycles. The molecule has 0 saturated carbocycles. The first-order chi connectivity index (χ1) is 9.12. The number of sulfonamides is 1. The average Bonchev–Trinajstić information content (AvgIpc) is 2.30. The van der Waals surface area contributed by atoms with Crippen molar-refractivity contribution in [2.45, 2.75) is 4.90 Å². The molecule has 0 aliphatic rings. The van der Waals surface area contributed by atoms with Gasteiger partial charge >= 0.3 is 0 Å². The minimum Gasteiger partial charge on any atom is -0.351 e. The van der Waals surface area contributed by atoms with E-state index in [9.17, 15) is 17.4 Å². The predicted octanol–water partition coefficient (Wildman–Crippen LogP) is 0.749. The van der Waals surface area contributed by atoms with E-state index in [0.717, 1.165) is 6.07 Å². The maximum atomic E-state index is 11.8. The van der Waals surface area contributed by atoms with Crippen molar-refractivity contribution in [2.24, 2.45) is 5.14 Å². The highest BCUT2D eigenvalue weighted by Gasteiger charge is 2.19. The quantitative estimate of drug-likeness (QED) is 0.809. The molecule has 1 rings (SSSR count). The van der Waals surface area contributed by atoms with Crippen LogP contribution in [0.3, 0.4) is 0 Å². The van der Waals surface area contributed by atoms with Gasteiger partial charge in [-0.2, -0.15) is 0 Å². The van der Waals surface area contributed by atoms with Crippen molar-refractivity contribution in [1.29, 1.82) is 0 Å². The van der Waals surface area contributed by atoms with Crippen LogP contribution in [-0.2, 0) is 20.8 Å². The zero-order valence-corrected chi connectivity index (χ0v) is 13.5. The minimum atomic E-state index is -4.09. The van der Waals surface area contributed by atoms with E-state index in [1.165, 1.54) is 12.3 Å². The largest absolute Gasteiger partial charge is 0.351 e. The van der Waals surface area contributed by atoms with Crippen LogP contribution in [0, 0.1) is 0 Å². The topological polar surface area (TPSA) is 106 Å². The summed E-state index contributed by atoms with van der Waals surface area (Å²) in [6.45, 7) is 0.187. The first kappa shape index (κ1) is 17.4. The highest BCUT2D eigenvalue weighted by atomic mass is 35.5. The standard InChI is InChI=1S/C10H12Cl2N2O4S2/c1-19(16)3-2-14-10(15)6-4-7(11)9(12)8(5-6)20(13,17)18/h4-5H,2-3H2,1H3,(H,14,15)(H2,13,17,18). The van der Waals surface area contributed by atoms with Crippen LogP contribution in [0.25, 0.3) is 0 Å². The Bertz CT molecular complexity index is 661. The van der Waals surface area contributed by atoms with Crippen LogP contribution in [0.5, 0.6) is 0 Å². The third-order valence-corrected chi connectivity index (χ3v) is 4.87.